The van der Waals surface area contributed by atoms with Gasteiger partial charge in [0.1, 0.15) is 6.61 Å². The monoisotopic (exact) mass is 530 g/mol. The van der Waals surface area contributed by atoms with Gasteiger partial charge >= 0.3 is 0 Å². The second-order valence-electron chi connectivity index (χ2n) is 10.4. The molecule has 1 aliphatic carbocycles. The molecule has 2 atom stereocenters. The van der Waals surface area contributed by atoms with E-state index in [0.29, 0.717) is 24.5 Å². The molecule has 2 N–H and O–H groups in total. The maximum absolute atomic E-state index is 13.9. The van der Waals surface area contributed by atoms with Crippen LogP contribution in [0.5, 0.6) is 11.5 Å². The van der Waals surface area contributed by atoms with E-state index in [-0.39, 0.29) is 17.7 Å². The lowest BCUT2D eigenvalue weighted by atomic mass is 9.78. The average Bonchev–Trinajstić information content (AvgIpc) is 3.17. The number of rotatable bonds is 7. The Balaban J connectivity index is 1.38. The maximum Gasteiger partial charge on any atom is 0.163 e. The van der Waals surface area contributed by atoms with Crippen LogP contribution < -0.4 is 20.1 Å². The van der Waals surface area contributed by atoms with Gasteiger partial charge in [-0.25, -0.2) is 0 Å². The number of carbonyl (C=O) groups excluding carboxylic acids is 1. The predicted molar refractivity (Wildman–Crippen MR) is 160 cm³/mol. The summed E-state index contributed by atoms with van der Waals surface area (Å²) in [4.78, 5) is 13.9. The molecule has 0 amide bonds. The Labute approximate surface area is 235 Å². The number of hydrogen-bond acceptors (Lipinski definition) is 5. The SMILES string of the molecule is CCc1ccc(C2CC(=O)C3=C(C2)Nc2ccccc2NC3c2ccc(OC)c(OCc3ccccc3)c2)cc1. The highest BCUT2D eigenvalue weighted by Gasteiger charge is 2.36. The second-order valence-corrected chi connectivity index (χ2v) is 10.4. The van der Waals surface area contributed by atoms with Crippen LogP contribution in [0.1, 0.15) is 54.0 Å². The number of ether oxygens (including phenoxy) is 2. The summed E-state index contributed by atoms with van der Waals surface area (Å²) in [6.07, 6.45) is 2.25. The number of nitrogens with one attached hydrogen (secondary N) is 2. The van der Waals surface area contributed by atoms with Gasteiger partial charge in [-0.15, -0.1) is 0 Å². The first-order valence-corrected chi connectivity index (χ1v) is 13.9. The van der Waals surface area contributed by atoms with Gasteiger partial charge in [-0.05, 0) is 65.3 Å². The number of hydrogen-bond donors (Lipinski definition) is 2. The highest BCUT2D eigenvalue weighted by atomic mass is 16.5. The molecule has 6 rings (SSSR count). The summed E-state index contributed by atoms with van der Waals surface area (Å²) in [7, 11) is 1.65. The van der Waals surface area contributed by atoms with Crippen LogP contribution in [0.15, 0.2) is 108 Å². The number of anilines is 2. The van der Waals surface area contributed by atoms with Gasteiger partial charge in [0.05, 0.1) is 24.5 Å². The lowest BCUT2D eigenvalue weighted by molar-refractivity contribution is -0.116. The molecule has 1 heterocycles. The third-order valence-electron chi connectivity index (χ3n) is 7.93. The third-order valence-corrected chi connectivity index (χ3v) is 7.93. The van der Waals surface area contributed by atoms with Crippen LogP contribution in [-0.2, 0) is 17.8 Å². The average molecular weight is 531 g/mol. The molecule has 4 aromatic carbocycles. The molecule has 0 radical (unpaired) electrons. The van der Waals surface area contributed by atoms with Gasteiger partial charge in [0.2, 0.25) is 0 Å². The van der Waals surface area contributed by atoms with Crippen molar-refractivity contribution in [2.45, 2.75) is 44.8 Å². The molecule has 2 unspecified atom stereocenters. The lowest BCUT2D eigenvalue weighted by Gasteiger charge is -2.30. The van der Waals surface area contributed by atoms with E-state index < -0.39 is 0 Å². The van der Waals surface area contributed by atoms with E-state index in [1.54, 1.807) is 7.11 Å². The normalized spacial score (nSPS) is 18.1. The molecule has 40 heavy (non-hydrogen) atoms. The van der Waals surface area contributed by atoms with E-state index in [9.17, 15) is 4.79 Å². The van der Waals surface area contributed by atoms with Gasteiger partial charge in [-0.2, -0.15) is 0 Å². The van der Waals surface area contributed by atoms with Crippen molar-refractivity contribution in [1.29, 1.82) is 0 Å². The first-order chi connectivity index (χ1) is 19.6. The number of ketones is 1. The first-order valence-electron chi connectivity index (χ1n) is 13.9. The number of methoxy groups -OCH3 is 1. The fourth-order valence-corrected chi connectivity index (χ4v) is 5.72. The van der Waals surface area contributed by atoms with Crippen LogP contribution in [0.2, 0.25) is 0 Å². The van der Waals surface area contributed by atoms with Crippen molar-refractivity contribution < 1.29 is 14.3 Å². The van der Waals surface area contributed by atoms with Crippen LogP contribution in [-0.4, -0.2) is 12.9 Å². The molecule has 5 heteroatoms. The number of Topliss-reactive ketones (excluding diaryl/α,β-unsaturated/α-hetero) is 1. The van der Waals surface area contributed by atoms with E-state index in [0.717, 1.165) is 46.6 Å². The van der Waals surface area contributed by atoms with Crippen molar-refractivity contribution in [1.82, 2.24) is 0 Å². The minimum absolute atomic E-state index is 0.135. The molecule has 1 aliphatic heterocycles. The zero-order chi connectivity index (χ0) is 27.5. The zero-order valence-corrected chi connectivity index (χ0v) is 22.9. The number of aryl methyl sites for hydroxylation is 1. The molecule has 5 nitrogen and oxygen atoms in total. The van der Waals surface area contributed by atoms with E-state index in [1.165, 1.54) is 11.1 Å². The van der Waals surface area contributed by atoms with Crippen molar-refractivity contribution in [3.63, 3.8) is 0 Å². The summed E-state index contributed by atoms with van der Waals surface area (Å²) < 4.78 is 11.9. The lowest BCUT2D eigenvalue weighted by Crippen LogP contribution is -2.27. The topological polar surface area (TPSA) is 59.6 Å². The summed E-state index contributed by atoms with van der Waals surface area (Å²) in [6, 6.07) is 32.5. The van der Waals surface area contributed by atoms with Crippen LogP contribution >= 0.6 is 0 Å². The maximum atomic E-state index is 13.9. The Hall–Kier alpha value is -4.51. The summed E-state index contributed by atoms with van der Waals surface area (Å²) in [5, 5.41) is 7.31. The fourth-order valence-electron chi connectivity index (χ4n) is 5.72. The Morgan fingerprint density at radius 3 is 2.25 bits per heavy atom. The van der Waals surface area contributed by atoms with Crippen molar-refractivity contribution in [2.24, 2.45) is 0 Å². The quantitative estimate of drug-likeness (QED) is 0.255. The Morgan fingerprint density at radius 2 is 1.50 bits per heavy atom. The van der Waals surface area contributed by atoms with Crippen LogP contribution in [0.25, 0.3) is 0 Å². The van der Waals surface area contributed by atoms with Gasteiger partial charge < -0.3 is 20.1 Å². The molecule has 0 spiro atoms. The van der Waals surface area contributed by atoms with Gasteiger partial charge in [0.25, 0.3) is 0 Å². The number of benzene rings is 4. The summed E-state index contributed by atoms with van der Waals surface area (Å²) in [5.41, 5.74) is 8.24. The molecule has 0 fully saturated rings. The number of carbonyl (C=O) groups is 1. The Morgan fingerprint density at radius 1 is 0.775 bits per heavy atom. The highest BCUT2D eigenvalue weighted by Crippen LogP contribution is 2.45. The van der Waals surface area contributed by atoms with Crippen molar-refractivity contribution in [3.8, 4) is 11.5 Å². The second kappa shape index (κ2) is 11.3. The summed E-state index contributed by atoms with van der Waals surface area (Å²) >= 11 is 0. The smallest absolute Gasteiger partial charge is 0.163 e. The van der Waals surface area contributed by atoms with E-state index in [4.69, 9.17) is 9.47 Å². The largest absolute Gasteiger partial charge is 0.493 e. The van der Waals surface area contributed by atoms with E-state index in [2.05, 4.69) is 54.0 Å². The number of para-hydroxylation sites is 2. The van der Waals surface area contributed by atoms with Gasteiger partial charge in [0.15, 0.2) is 17.3 Å². The van der Waals surface area contributed by atoms with Crippen molar-refractivity contribution in [2.75, 3.05) is 17.7 Å². The number of allylic oxidation sites excluding steroid dienone is 1. The predicted octanol–water partition coefficient (Wildman–Crippen LogP) is 7.82. The minimum Gasteiger partial charge on any atom is -0.493 e. The molecule has 0 aromatic heterocycles. The molecule has 0 saturated carbocycles. The standard InChI is InChI=1S/C35H34N2O3/c1-3-23-13-15-25(16-14-23)27-19-30-34(31(38)20-27)35(37-29-12-8-7-11-28(29)36-30)26-17-18-32(39-2)33(21-26)40-22-24-9-5-4-6-10-24/h4-18,21,27,35-37H,3,19-20,22H2,1-2H3. The molecular formula is C35H34N2O3. The molecule has 202 valence electrons. The van der Waals surface area contributed by atoms with Crippen molar-refractivity contribution >= 4 is 17.2 Å². The molecule has 4 aromatic rings. The van der Waals surface area contributed by atoms with Crippen LogP contribution in [0.4, 0.5) is 11.4 Å². The summed E-state index contributed by atoms with van der Waals surface area (Å²) in [6.45, 7) is 2.59. The van der Waals surface area contributed by atoms with Gasteiger partial charge in [-0.1, -0.05) is 79.7 Å². The first kappa shape index (κ1) is 25.8. The summed E-state index contributed by atoms with van der Waals surface area (Å²) in [5.74, 6) is 1.60. The zero-order valence-electron chi connectivity index (χ0n) is 22.9. The molecule has 0 saturated heterocycles. The fraction of sp³-hybridized carbons (Fsp3) is 0.229. The van der Waals surface area contributed by atoms with E-state index >= 15 is 0 Å². The third kappa shape index (κ3) is 5.20. The van der Waals surface area contributed by atoms with Crippen molar-refractivity contribution in [3.05, 3.63) is 131 Å². The van der Waals surface area contributed by atoms with Crippen LogP contribution in [0, 0.1) is 0 Å². The number of fused-ring (bicyclic) bond motifs is 1. The van der Waals surface area contributed by atoms with Crippen LogP contribution in [0.3, 0.4) is 0 Å². The molecule has 2 aliphatic rings. The Bertz CT molecular complexity index is 1540. The molecule has 0 bridgehead atoms. The highest BCUT2D eigenvalue weighted by molar-refractivity contribution is 6.01. The van der Waals surface area contributed by atoms with Gasteiger partial charge in [-0.3, -0.25) is 4.79 Å². The van der Waals surface area contributed by atoms with E-state index in [1.807, 2.05) is 60.7 Å². The molecular weight excluding hydrogens is 496 g/mol. The Kier molecular flexibility index (Phi) is 7.28. The minimum atomic E-state index is -0.327. The van der Waals surface area contributed by atoms with Gasteiger partial charge in [0, 0.05) is 17.7 Å².